The highest BCUT2D eigenvalue weighted by molar-refractivity contribution is 7.61. The van der Waals surface area contributed by atoms with Crippen molar-refractivity contribution in [3.63, 3.8) is 0 Å². The molecule has 2 fully saturated rings. The molecule has 1 spiro atoms. The van der Waals surface area contributed by atoms with Gasteiger partial charge >= 0.3 is 0 Å². The lowest BCUT2D eigenvalue weighted by atomic mass is 9.88. The largest absolute Gasteiger partial charge is 0.349 e. The summed E-state index contributed by atoms with van der Waals surface area (Å²) in [5, 5.41) is 0.624. The van der Waals surface area contributed by atoms with Gasteiger partial charge in [0.15, 0.2) is 5.79 Å². The molecule has 0 aromatic carbocycles. The molecule has 0 radical (unpaired) electrons. The summed E-state index contributed by atoms with van der Waals surface area (Å²) < 4.78 is 12.6. The molecule has 20 heavy (non-hydrogen) atoms. The first kappa shape index (κ1) is 16.7. The monoisotopic (exact) mass is 300 g/mol. The number of rotatable bonds is 1. The molecule has 0 aliphatic carbocycles. The van der Waals surface area contributed by atoms with E-state index < -0.39 is 0 Å². The second-order valence-electron chi connectivity index (χ2n) is 9.09. The minimum Gasteiger partial charge on any atom is -0.349 e. The average Bonchev–Trinajstić information content (AvgIpc) is 2.18. The molecule has 0 atom stereocenters. The van der Waals surface area contributed by atoms with E-state index in [4.69, 9.17) is 9.47 Å². The van der Waals surface area contributed by atoms with Gasteiger partial charge in [-0.3, -0.25) is 0 Å². The van der Waals surface area contributed by atoms with Crippen LogP contribution in [0.3, 0.4) is 0 Å². The second-order valence-corrected chi connectivity index (χ2v) is 13.3. The van der Waals surface area contributed by atoms with Gasteiger partial charge in [-0.25, -0.2) is 0 Å². The van der Waals surface area contributed by atoms with E-state index in [9.17, 15) is 0 Å². The maximum absolute atomic E-state index is 6.31. The Morgan fingerprint density at radius 3 is 1.55 bits per heavy atom. The van der Waals surface area contributed by atoms with E-state index in [-0.39, 0.29) is 19.1 Å². The van der Waals surface area contributed by atoms with E-state index in [0.29, 0.717) is 10.3 Å². The van der Waals surface area contributed by atoms with Crippen LogP contribution in [0.1, 0.15) is 68.2 Å². The van der Waals surface area contributed by atoms with Crippen molar-refractivity contribution in [2.45, 2.75) is 90.0 Å². The van der Waals surface area contributed by atoms with Crippen LogP contribution in [0.2, 0.25) is 0 Å². The molecule has 2 rings (SSSR count). The predicted octanol–water partition coefficient (Wildman–Crippen LogP) is 5.00. The first-order chi connectivity index (χ1) is 8.89. The summed E-state index contributed by atoms with van der Waals surface area (Å²) in [6, 6.07) is 0. The highest BCUT2D eigenvalue weighted by Crippen LogP contribution is 2.70. The van der Waals surface area contributed by atoms with Gasteiger partial charge in [-0.2, -0.15) is 0 Å². The molecule has 2 nitrogen and oxygen atoms in total. The van der Waals surface area contributed by atoms with Crippen molar-refractivity contribution >= 4 is 7.92 Å². The zero-order chi connectivity index (χ0) is 15.4. The van der Waals surface area contributed by atoms with Crippen LogP contribution in [-0.4, -0.2) is 35.0 Å². The predicted molar refractivity (Wildman–Crippen MR) is 87.9 cm³/mol. The normalized spacial score (nSPS) is 31.6. The highest BCUT2D eigenvalue weighted by Gasteiger charge is 2.57. The molecule has 0 aromatic rings. The Balaban J connectivity index is 2.25. The standard InChI is InChI=1S/C17H33O2P/c1-13(2)20-15(5,6)9-17(10-16(20,7)8)18-11-14(3,4)12-19-17/h13H,9-12H2,1-8H3. The van der Waals surface area contributed by atoms with Gasteiger partial charge in [-0.1, -0.05) is 63.3 Å². The lowest BCUT2D eigenvalue weighted by Gasteiger charge is -2.60. The van der Waals surface area contributed by atoms with Crippen molar-refractivity contribution in [1.82, 2.24) is 0 Å². The van der Waals surface area contributed by atoms with E-state index in [1.54, 1.807) is 0 Å². The first-order valence-corrected chi connectivity index (χ1v) is 9.38. The zero-order valence-corrected chi connectivity index (χ0v) is 15.6. The van der Waals surface area contributed by atoms with E-state index >= 15 is 0 Å². The minimum atomic E-state index is -0.337. The van der Waals surface area contributed by atoms with Crippen LogP contribution in [0.15, 0.2) is 0 Å². The SMILES string of the molecule is CC(C)P1C(C)(C)CC2(CC1(C)C)OCC(C)(C)CO2. The topological polar surface area (TPSA) is 18.5 Å². The van der Waals surface area contributed by atoms with Crippen molar-refractivity contribution in [3.8, 4) is 0 Å². The third-order valence-corrected chi connectivity index (χ3v) is 8.63. The van der Waals surface area contributed by atoms with Crippen LogP contribution in [0.5, 0.6) is 0 Å². The molecule has 0 unspecified atom stereocenters. The fourth-order valence-electron chi connectivity index (χ4n) is 4.71. The van der Waals surface area contributed by atoms with E-state index in [1.807, 2.05) is 0 Å². The molecule has 118 valence electrons. The van der Waals surface area contributed by atoms with Gasteiger partial charge in [-0.05, 0) is 16.0 Å². The molecule has 0 N–H and O–H groups in total. The molecule has 3 heteroatoms. The van der Waals surface area contributed by atoms with Crippen LogP contribution in [0, 0.1) is 5.41 Å². The Morgan fingerprint density at radius 2 is 1.20 bits per heavy atom. The lowest BCUT2D eigenvalue weighted by molar-refractivity contribution is -0.310. The molecular formula is C17H33O2P. The molecular weight excluding hydrogens is 267 g/mol. The van der Waals surface area contributed by atoms with Crippen molar-refractivity contribution in [1.29, 1.82) is 0 Å². The zero-order valence-electron chi connectivity index (χ0n) is 14.7. The molecule has 2 heterocycles. The Kier molecular flexibility index (Phi) is 4.12. The summed E-state index contributed by atoms with van der Waals surface area (Å²) in [5.74, 6) is -0.337. The quantitative estimate of drug-likeness (QED) is 0.635. The van der Waals surface area contributed by atoms with Crippen LogP contribution >= 0.6 is 7.92 Å². The van der Waals surface area contributed by atoms with E-state index in [1.165, 1.54) is 0 Å². The van der Waals surface area contributed by atoms with Gasteiger partial charge in [0.1, 0.15) is 0 Å². The van der Waals surface area contributed by atoms with Crippen LogP contribution < -0.4 is 0 Å². The van der Waals surface area contributed by atoms with E-state index in [0.717, 1.165) is 31.7 Å². The van der Waals surface area contributed by atoms with Crippen molar-refractivity contribution in [3.05, 3.63) is 0 Å². The average molecular weight is 300 g/mol. The maximum atomic E-state index is 6.31. The lowest BCUT2D eigenvalue weighted by Crippen LogP contribution is -2.58. The summed E-state index contributed by atoms with van der Waals surface area (Å²) in [4.78, 5) is 0. The van der Waals surface area contributed by atoms with Gasteiger partial charge < -0.3 is 9.47 Å². The molecule has 0 amide bonds. The molecule has 0 aromatic heterocycles. The van der Waals surface area contributed by atoms with Gasteiger partial charge in [0.2, 0.25) is 0 Å². The van der Waals surface area contributed by atoms with Gasteiger partial charge in [0.25, 0.3) is 0 Å². The fraction of sp³-hybridized carbons (Fsp3) is 1.00. The van der Waals surface area contributed by atoms with Crippen LogP contribution in [0.4, 0.5) is 0 Å². The summed E-state index contributed by atoms with van der Waals surface area (Å²) in [6.07, 6.45) is 2.09. The third kappa shape index (κ3) is 3.08. The third-order valence-electron chi connectivity index (χ3n) is 4.68. The van der Waals surface area contributed by atoms with Gasteiger partial charge in [0.05, 0.1) is 13.2 Å². The van der Waals surface area contributed by atoms with Gasteiger partial charge in [-0.15, -0.1) is 0 Å². The first-order valence-electron chi connectivity index (χ1n) is 7.97. The van der Waals surface area contributed by atoms with Crippen LogP contribution in [0.25, 0.3) is 0 Å². The second kappa shape index (κ2) is 4.93. The minimum absolute atomic E-state index is 0.0519. The van der Waals surface area contributed by atoms with Crippen molar-refractivity contribution in [2.24, 2.45) is 5.41 Å². The molecule has 2 aliphatic heterocycles. The highest BCUT2D eigenvalue weighted by atomic mass is 31.1. The summed E-state index contributed by atoms with van der Waals surface area (Å²) >= 11 is 0. The molecule has 0 saturated carbocycles. The van der Waals surface area contributed by atoms with Gasteiger partial charge in [0, 0.05) is 18.3 Å². The Labute approximate surface area is 126 Å². The molecule has 2 aliphatic rings. The smallest absolute Gasteiger partial charge is 0.170 e. The Hall–Kier alpha value is 0.350. The number of hydrogen-bond acceptors (Lipinski definition) is 2. The number of ether oxygens (including phenoxy) is 2. The summed E-state index contributed by atoms with van der Waals surface area (Å²) in [7, 11) is -0.0519. The summed E-state index contributed by atoms with van der Waals surface area (Å²) in [5.41, 5.74) is 0.909. The van der Waals surface area contributed by atoms with Crippen molar-refractivity contribution in [2.75, 3.05) is 13.2 Å². The maximum Gasteiger partial charge on any atom is 0.170 e. The summed E-state index contributed by atoms with van der Waals surface area (Å²) in [6.45, 7) is 20.6. The molecule has 2 saturated heterocycles. The van der Waals surface area contributed by atoms with E-state index in [2.05, 4.69) is 55.4 Å². The molecule has 0 bridgehead atoms. The van der Waals surface area contributed by atoms with Crippen molar-refractivity contribution < 1.29 is 9.47 Å². The number of hydrogen-bond donors (Lipinski definition) is 0. The van der Waals surface area contributed by atoms with Crippen LogP contribution in [-0.2, 0) is 9.47 Å². The Bertz CT molecular complexity index is 341. The Morgan fingerprint density at radius 1 is 0.800 bits per heavy atom. The fourth-order valence-corrected chi connectivity index (χ4v) is 9.97.